The third-order valence-electron chi connectivity index (χ3n) is 4.60. The molecule has 0 radical (unpaired) electrons. The Labute approximate surface area is 149 Å². The maximum Gasteiger partial charge on any atom is 0.330 e. The van der Waals surface area contributed by atoms with Gasteiger partial charge in [-0.25, -0.2) is 4.79 Å². The zero-order valence-corrected chi connectivity index (χ0v) is 14.9. The average molecular weight is 354 g/mol. The standard InChI is InChI=1S/C19H30O6/c1-2-17(20)24-13-7-5-3-4-6-8-14-25-19(23)16-11-9-15(10-12-16)18(21)22/h2,15-16H,1,3-14H2,(H,21,22). The fourth-order valence-electron chi connectivity index (χ4n) is 3.01. The molecule has 6 nitrogen and oxygen atoms in total. The molecule has 0 amide bonds. The lowest BCUT2D eigenvalue weighted by Gasteiger charge is -2.24. The molecule has 0 aromatic rings. The summed E-state index contributed by atoms with van der Waals surface area (Å²) < 4.78 is 10.2. The molecule has 0 aromatic heterocycles. The van der Waals surface area contributed by atoms with Crippen molar-refractivity contribution in [1.82, 2.24) is 0 Å². The van der Waals surface area contributed by atoms with E-state index in [0.29, 0.717) is 38.9 Å². The highest BCUT2D eigenvalue weighted by atomic mass is 16.5. The van der Waals surface area contributed by atoms with E-state index in [9.17, 15) is 14.4 Å². The Balaban J connectivity index is 1.93. The molecule has 0 spiro atoms. The largest absolute Gasteiger partial charge is 0.481 e. The minimum absolute atomic E-state index is 0.131. The first-order valence-electron chi connectivity index (χ1n) is 9.23. The number of carbonyl (C=O) groups excluding carboxylic acids is 2. The van der Waals surface area contributed by atoms with Crippen molar-refractivity contribution in [3.63, 3.8) is 0 Å². The summed E-state index contributed by atoms with van der Waals surface area (Å²) in [6.07, 6.45) is 9.39. The maximum atomic E-state index is 11.9. The summed E-state index contributed by atoms with van der Waals surface area (Å²) in [6.45, 7) is 4.21. The highest BCUT2D eigenvalue weighted by Gasteiger charge is 2.30. The molecule has 142 valence electrons. The van der Waals surface area contributed by atoms with E-state index >= 15 is 0 Å². The van der Waals surface area contributed by atoms with Crippen LogP contribution in [0.15, 0.2) is 12.7 Å². The fourth-order valence-corrected chi connectivity index (χ4v) is 3.01. The van der Waals surface area contributed by atoms with Gasteiger partial charge in [0.2, 0.25) is 0 Å². The molecule has 1 saturated carbocycles. The van der Waals surface area contributed by atoms with Gasteiger partial charge in [-0.3, -0.25) is 9.59 Å². The molecule has 25 heavy (non-hydrogen) atoms. The third kappa shape index (κ3) is 9.27. The van der Waals surface area contributed by atoms with Gasteiger partial charge in [-0.15, -0.1) is 0 Å². The number of hydrogen-bond donors (Lipinski definition) is 1. The quantitative estimate of drug-likeness (QED) is 0.328. The Kier molecular flexibility index (Phi) is 10.6. The second-order valence-electron chi connectivity index (χ2n) is 6.55. The van der Waals surface area contributed by atoms with Crippen molar-refractivity contribution in [1.29, 1.82) is 0 Å². The lowest BCUT2D eigenvalue weighted by molar-refractivity contribution is -0.152. The number of hydrogen-bond acceptors (Lipinski definition) is 5. The van der Waals surface area contributed by atoms with E-state index < -0.39 is 5.97 Å². The van der Waals surface area contributed by atoms with Crippen molar-refractivity contribution in [2.24, 2.45) is 11.8 Å². The highest BCUT2D eigenvalue weighted by Crippen LogP contribution is 2.29. The SMILES string of the molecule is C=CC(=O)OCCCCCCCCOC(=O)C1CCC(C(=O)O)CC1. The Morgan fingerprint density at radius 1 is 0.840 bits per heavy atom. The summed E-state index contributed by atoms with van der Waals surface area (Å²) in [5.41, 5.74) is 0. The van der Waals surface area contributed by atoms with Crippen LogP contribution in [-0.4, -0.2) is 36.2 Å². The van der Waals surface area contributed by atoms with Gasteiger partial charge in [0.25, 0.3) is 0 Å². The van der Waals surface area contributed by atoms with Gasteiger partial charge in [-0.1, -0.05) is 32.3 Å². The number of esters is 2. The second kappa shape index (κ2) is 12.5. The van der Waals surface area contributed by atoms with E-state index in [4.69, 9.17) is 14.6 Å². The molecule has 0 heterocycles. The van der Waals surface area contributed by atoms with Gasteiger partial charge in [0.15, 0.2) is 0 Å². The van der Waals surface area contributed by atoms with Crippen LogP contribution < -0.4 is 0 Å². The average Bonchev–Trinajstić information content (AvgIpc) is 2.62. The highest BCUT2D eigenvalue weighted by molar-refractivity contribution is 5.81. The van der Waals surface area contributed by atoms with Crippen molar-refractivity contribution in [2.75, 3.05) is 13.2 Å². The topological polar surface area (TPSA) is 89.9 Å². The number of unbranched alkanes of at least 4 members (excludes halogenated alkanes) is 5. The van der Waals surface area contributed by atoms with Gasteiger partial charge in [-0.05, 0) is 38.5 Å². The van der Waals surface area contributed by atoms with Crippen LogP contribution in [0.1, 0.15) is 64.2 Å². The maximum absolute atomic E-state index is 11.9. The molecule has 0 unspecified atom stereocenters. The predicted octanol–water partition coefficient (Wildman–Crippen LogP) is 3.49. The van der Waals surface area contributed by atoms with Gasteiger partial charge in [-0.2, -0.15) is 0 Å². The Hall–Kier alpha value is -1.85. The summed E-state index contributed by atoms with van der Waals surface area (Å²) in [7, 11) is 0. The number of carboxylic acids is 1. The fraction of sp³-hybridized carbons (Fsp3) is 0.737. The van der Waals surface area contributed by atoms with Gasteiger partial charge >= 0.3 is 17.9 Å². The smallest absolute Gasteiger partial charge is 0.330 e. The number of rotatable bonds is 12. The van der Waals surface area contributed by atoms with E-state index in [1.807, 2.05) is 0 Å². The molecule has 1 N–H and O–H groups in total. The first-order valence-corrected chi connectivity index (χ1v) is 9.23. The zero-order valence-electron chi connectivity index (χ0n) is 14.9. The van der Waals surface area contributed by atoms with Crippen molar-refractivity contribution in [2.45, 2.75) is 64.2 Å². The van der Waals surface area contributed by atoms with Gasteiger partial charge in [0, 0.05) is 6.08 Å². The number of carbonyl (C=O) groups is 3. The van der Waals surface area contributed by atoms with Crippen LogP contribution in [0.5, 0.6) is 0 Å². The van der Waals surface area contributed by atoms with Crippen LogP contribution in [0.3, 0.4) is 0 Å². The summed E-state index contributed by atoms with van der Waals surface area (Å²) in [4.78, 5) is 33.7. The molecule has 0 aromatic carbocycles. The third-order valence-corrected chi connectivity index (χ3v) is 4.60. The molecular formula is C19H30O6. The molecule has 0 saturated heterocycles. The predicted molar refractivity (Wildman–Crippen MR) is 92.9 cm³/mol. The van der Waals surface area contributed by atoms with Crippen LogP contribution in [0.25, 0.3) is 0 Å². The Bertz CT molecular complexity index is 437. The molecule has 0 bridgehead atoms. The van der Waals surface area contributed by atoms with E-state index in [1.165, 1.54) is 6.08 Å². The lowest BCUT2D eigenvalue weighted by atomic mass is 9.82. The van der Waals surface area contributed by atoms with Gasteiger partial charge in [0.1, 0.15) is 0 Å². The zero-order chi connectivity index (χ0) is 18.5. The molecule has 0 aliphatic heterocycles. The van der Waals surface area contributed by atoms with Crippen LogP contribution in [0.4, 0.5) is 0 Å². The Morgan fingerprint density at radius 3 is 1.84 bits per heavy atom. The molecular weight excluding hydrogens is 324 g/mol. The molecule has 1 fully saturated rings. The van der Waals surface area contributed by atoms with Crippen LogP contribution >= 0.6 is 0 Å². The lowest BCUT2D eigenvalue weighted by Crippen LogP contribution is -2.27. The molecule has 1 aliphatic rings. The van der Waals surface area contributed by atoms with E-state index in [2.05, 4.69) is 6.58 Å². The van der Waals surface area contributed by atoms with Crippen molar-refractivity contribution < 1.29 is 29.0 Å². The number of aliphatic carboxylic acids is 1. The summed E-state index contributed by atoms with van der Waals surface area (Å²) in [5.74, 6) is -1.74. The molecule has 1 aliphatic carbocycles. The summed E-state index contributed by atoms with van der Waals surface area (Å²) >= 11 is 0. The molecule has 6 heteroatoms. The molecule has 1 rings (SSSR count). The van der Waals surface area contributed by atoms with Gasteiger partial charge in [0.05, 0.1) is 25.0 Å². The van der Waals surface area contributed by atoms with Crippen molar-refractivity contribution >= 4 is 17.9 Å². The monoisotopic (exact) mass is 354 g/mol. The minimum atomic E-state index is -0.759. The van der Waals surface area contributed by atoms with Crippen LogP contribution in [0.2, 0.25) is 0 Å². The van der Waals surface area contributed by atoms with E-state index in [-0.39, 0.29) is 23.8 Å². The first-order chi connectivity index (χ1) is 12.0. The summed E-state index contributed by atoms with van der Waals surface area (Å²) in [5, 5.41) is 8.95. The number of ether oxygens (including phenoxy) is 2. The van der Waals surface area contributed by atoms with Crippen LogP contribution in [-0.2, 0) is 23.9 Å². The van der Waals surface area contributed by atoms with Crippen molar-refractivity contribution in [3.05, 3.63) is 12.7 Å². The summed E-state index contributed by atoms with van der Waals surface area (Å²) in [6, 6.07) is 0. The van der Waals surface area contributed by atoms with Crippen molar-refractivity contribution in [3.8, 4) is 0 Å². The number of carboxylic acid groups (broad SMARTS) is 1. The van der Waals surface area contributed by atoms with Crippen LogP contribution in [0, 0.1) is 11.8 Å². The molecule has 0 atom stereocenters. The van der Waals surface area contributed by atoms with Gasteiger partial charge < -0.3 is 14.6 Å². The minimum Gasteiger partial charge on any atom is -0.481 e. The second-order valence-corrected chi connectivity index (χ2v) is 6.55. The Morgan fingerprint density at radius 2 is 1.32 bits per heavy atom. The van der Waals surface area contributed by atoms with E-state index in [0.717, 1.165) is 38.5 Å². The first kappa shape index (κ1) is 21.2. The normalized spacial score (nSPS) is 19.8. The van der Waals surface area contributed by atoms with E-state index in [1.54, 1.807) is 0 Å².